The second-order valence-corrected chi connectivity index (χ2v) is 11.3. The predicted octanol–water partition coefficient (Wildman–Crippen LogP) is 0.356. The van der Waals surface area contributed by atoms with Gasteiger partial charge in [-0.05, 0) is 0 Å². The zero-order valence-electron chi connectivity index (χ0n) is 23.9. The Morgan fingerprint density at radius 3 is 1.07 bits per heavy atom. The summed E-state index contributed by atoms with van der Waals surface area (Å²) in [5.74, 6) is 0.0992. The van der Waals surface area contributed by atoms with Crippen LogP contribution in [0.25, 0.3) is 0 Å². The van der Waals surface area contributed by atoms with Crippen molar-refractivity contribution < 1.29 is 52.5 Å². The maximum atomic E-state index is 12.8. The number of quaternary nitrogens is 2. The van der Waals surface area contributed by atoms with E-state index in [1.54, 1.807) is 0 Å². The van der Waals surface area contributed by atoms with Gasteiger partial charge in [-0.25, -0.2) is 0 Å². The summed E-state index contributed by atoms with van der Waals surface area (Å²) in [7, 11) is 9.04. The molecule has 0 saturated carbocycles. The van der Waals surface area contributed by atoms with Crippen LogP contribution in [0.5, 0.6) is 0 Å². The van der Waals surface area contributed by atoms with Gasteiger partial charge in [-0.1, -0.05) is 109 Å². The van der Waals surface area contributed by atoms with Crippen molar-refractivity contribution in [2.45, 2.75) is 26.2 Å². The minimum absolute atomic E-state index is 0. The highest BCUT2D eigenvalue weighted by atomic mass is 79.9. The van der Waals surface area contributed by atoms with E-state index in [0.717, 1.165) is 22.1 Å². The summed E-state index contributed by atoms with van der Waals surface area (Å²) in [6.45, 7) is 4.00. The van der Waals surface area contributed by atoms with Crippen LogP contribution in [-0.2, 0) is 13.1 Å². The molecule has 4 aromatic carbocycles. The van der Waals surface area contributed by atoms with Crippen molar-refractivity contribution >= 4 is 11.6 Å². The van der Waals surface area contributed by atoms with E-state index in [1.165, 1.54) is 11.1 Å². The van der Waals surface area contributed by atoms with E-state index in [-0.39, 0.29) is 45.5 Å². The molecule has 6 heteroatoms. The molecule has 4 rings (SSSR count). The van der Waals surface area contributed by atoms with E-state index in [4.69, 9.17) is 0 Å². The molecule has 0 radical (unpaired) electrons. The summed E-state index contributed by atoms with van der Waals surface area (Å²) in [6, 6.07) is 34.9. The number of halogens is 2. The maximum Gasteiger partial charge on any atom is 0.213 e. The lowest BCUT2D eigenvalue weighted by atomic mass is 10.0. The van der Waals surface area contributed by atoms with Gasteiger partial charge in [-0.2, -0.15) is 0 Å². The second kappa shape index (κ2) is 14.1. The summed E-state index contributed by atoms with van der Waals surface area (Å²) < 4.78 is 1.59. The zero-order valence-corrected chi connectivity index (χ0v) is 27.0. The second-order valence-electron chi connectivity index (χ2n) is 11.3. The fourth-order valence-electron chi connectivity index (χ4n) is 5.09. The van der Waals surface area contributed by atoms with Crippen LogP contribution in [0.3, 0.4) is 0 Å². The van der Waals surface area contributed by atoms with Crippen molar-refractivity contribution in [3.63, 3.8) is 0 Å². The fraction of sp³-hybridized carbons (Fsp3) is 0.235. The molecule has 0 unspecified atom stereocenters. The molecule has 0 atom stereocenters. The molecule has 0 bridgehead atoms. The van der Waals surface area contributed by atoms with Gasteiger partial charge in [0.1, 0.15) is 13.1 Å². The van der Waals surface area contributed by atoms with Gasteiger partial charge in [-0.15, -0.1) is 0 Å². The Morgan fingerprint density at radius 1 is 0.500 bits per heavy atom. The van der Waals surface area contributed by atoms with Gasteiger partial charge < -0.3 is 34.0 Å². The minimum Gasteiger partial charge on any atom is -1.00 e. The van der Waals surface area contributed by atoms with Crippen LogP contribution in [-0.4, -0.2) is 54.9 Å². The lowest BCUT2D eigenvalue weighted by Crippen LogP contribution is -3.00. The third kappa shape index (κ3) is 8.07. The summed E-state index contributed by atoms with van der Waals surface area (Å²) in [6.07, 6.45) is 0.297. The Kier molecular flexibility index (Phi) is 11.8. The van der Waals surface area contributed by atoms with Gasteiger partial charge in [0.05, 0.1) is 28.2 Å². The van der Waals surface area contributed by atoms with Gasteiger partial charge in [0, 0.05) is 40.3 Å². The molecule has 210 valence electrons. The molecule has 0 aliphatic rings. The molecule has 40 heavy (non-hydrogen) atoms. The molecular weight excluding hydrogens is 628 g/mol. The van der Waals surface area contributed by atoms with E-state index in [0.29, 0.717) is 28.4 Å². The summed E-state index contributed by atoms with van der Waals surface area (Å²) in [5.41, 5.74) is 5.25. The first-order chi connectivity index (χ1) is 18.1. The van der Waals surface area contributed by atoms with Crippen molar-refractivity contribution in [3.8, 4) is 0 Å². The highest BCUT2D eigenvalue weighted by Gasteiger charge is 2.37. The average Bonchev–Trinajstić information content (AvgIpc) is 2.93. The molecule has 0 amide bonds. The Bertz CT molecular complexity index is 1280. The number of nitrogens with zero attached hydrogens (tertiary/aromatic N) is 2. The van der Waals surface area contributed by atoms with Gasteiger partial charge in [-0.3, -0.25) is 18.6 Å². The average molecular weight is 666 g/mol. The van der Waals surface area contributed by atoms with E-state index in [9.17, 15) is 9.59 Å². The number of carbonyl (C=O) groups excluding carboxylic acids is 2. The highest BCUT2D eigenvalue weighted by molar-refractivity contribution is 6.09. The van der Waals surface area contributed by atoms with Crippen LogP contribution in [0.4, 0.5) is 0 Å². The standard InChI is InChI=1S/C34H38N2O2.2BrH/c1-26(35(2,3)24-27-16-20-31(21-17-27)33(37)29-12-8-6-9-13-29)36(4,5)25-28-18-22-32(23-19-28)34(38)30-14-10-7-11-15-30;;/h6-23,26H,24-25H2,1-5H3;2*1H/q+2;;/p-2. The molecule has 4 aromatic rings. The lowest BCUT2D eigenvalue weighted by molar-refractivity contribution is -1.11. The molecule has 0 aliphatic heterocycles. The smallest absolute Gasteiger partial charge is 0.213 e. The molecule has 0 N–H and O–H groups in total. The van der Waals surface area contributed by atoms with Crippen LogP contribution in [0.1, 0.15) is 49.9 Å². The number of hydrogen-bond acceptors (Lipinski definition) is 2. The normalized spacial score (nSPS) is 11.3. The Morgan fingerprint density at radius 2 is 0.775 bits per heavy atom. The number of benzene rings is 4. The number of carbonyl (C=O) groups is 2. The fourth-order valence-corrected chi connectivity index (χ4v) is 5.09. The molecule has 0 fully saturated rings. The molecule has 4 nitrogen and oxygen atoms in total. The molecule has 0 spiro atoms. The highest BCUT2D eigenvalue weighted by Crippen LogP contribution is 2.24. The Balaban J connectivity index is 0.00000280. The van der Waals surface area contributed by atoms with Crippen molar-refractivity contribution in [1.82, 2.24) is 0 Å². The monoisotopic (exact) mass is 664 g/mol. The van der Waals surface area contributed by atoms with E-state index < -0.39 is 0 Å². The minimum atomic E-state index is 0. The SMILES string of the molecule is CC([N+](C)(C)Cc1ccc(C(=O)c2ccccc2)cc1)[N+](C)(C)Cc1ccc(C(=O)c2ccccc2)cc1.[Br-].[Br-]. The van der Waals surface area contributed by atoms with Crippen molar-refractivity contribution in [3.05, 3.63) is 143 Å². The molecule has 0 aromatic heterocycles. The number of rotatable bonds is 10. The van der Waals surface area contributed by atoms with Gasteiger partial charge in [0.25, 0.3) is 0 Å². The maximum absolute atomic E-state index is 12.8. The Labute approximate surface area is 260 Å². The summed E-state index contributed by atoms with van der Waals surface area (Å²) in [4.78, 5) is 25.5. The zero-order chi connectivity index (χ0) is 27.3. The number of ketones is 2. The number of hydrogen-bond donors (Lipinski definition) is 0. The third-order valence-electron chi connectivity index (χ3n) is 7.71. The van der Waals surface area contributed by atoms with E-state index in [1.807, 2.05) is 84.9 Å². The summed E-state index contributed by atoms with van der Waals surface area (Å²) >= 11 is 0. The molecule has 0 saturated heterocycles. The van der Waals surface area contributed by atoms with E-state index >= 15 is 0 Å². The van der Waals surface area contributed by atoms with E-state index in [2.05, 4.69) is 59.4 Å². The van der Waals surface area contributed by atoms with Gasteiger partial charge >= 0.3 is 0 Å². The van der Waals surface area contributed by atoms with Crippen molar-refractivity contribution in [2.24, 2.45) is 0 Å². The molecule has 0 heterocycles. The van der Waals surface area contributed by atoms with Crippen LogP contribution in [0.2, 0.25) is 0 Å². The topological polar surface area (TPSA) is 34.1 Å². The molecular formula is C34H38Br2N2O2. The largest absolute Gasteiger partial charge is 1.00 e. The third-order valence-corrected chi connectivity index (χ3v) is 7.71. The van der Waals surface area contributed by atoms with Crippen LogP contribution in [0, 0.1) is 0 Å². The van der Waals surface area contributed by atoms with Crippen LogP contribution < -0.4 is 34.0 Å². The first kappa shape index (κ1) is 33.3. The van der Waals surface area contributed by atoms with Crippen molar-refractivity contribution in [2.75, 3.05) is 28.2 Å². The van der Waals surface area contributed by atoms with Crippen LogP contribution >= 0.6 is 0 Å². The van der Waals surface area contributed by atoms with Gasteiger partial charge in [0.15, 0.2) is 11.6 Å². The van der Waals surface area contributed by atoms with Crippen LogP contribution in [0.15, 0.2) is 109 Å². The molecule has 0 aliphatic carbocycles. The lowest BCUT2D eigenvalue weighted by Gasteiger charge is -2.45. The first-order valence-corrected chi connectivity index (χ1v) is 13.1. The quantitative estimate of drug-likeness (QED) is 0.139. The summed E-state index contributed by atoms with van der Waals surface area (Å²) in [5, 5.41) is 0. The van der Waals surface area contributed by atoms with Gasteiger partial charge in [0.2, 0.25) is 6.17 Å². The predicted molar refractivity (Wildman–Crippen MR) is 154 cm³/mol. The Hall–Kier alpha value is -2.90. The first-order valence-electron chi connectivity index (χ1n) is 13.1. The van der Waals surface area contributed by atoms with Crippen molar-refractivity contribution in [1.29, 1.82) is 0 Å².